The molecule has 0 saturated heterocycles. The van der Waals surface area contributed by atoms with E-state index in [0.717, 1.165) is 17.1 Å². The van der Waals surface area contributed by atoms with E-state index in [2.05, 4.69) is 10.3 Å². The Morgan fingerprint density at radius 1 is 1.30 bits per heavy atom. The minimum absolute atomic E-state index is 0.00370. The van der Waals surface area contributed by atoms with Crippen LogP contribution in [0.4, 0.5) is 15.9 Å². The van der Waals surface area contributed by atoms with Crippen molar-refractivity contribution in [3.05, 3.63) is 52.9 Å². The molecule has 0 aliphatic rings. The van der Waals surface area contributed by atoms with Gasteiger partial charge in [0.05, 0.1) is 10.7 Å². The Labute approximate surface area is 123 Å². The van der Waals surface area contributed by atoms with E-state index in [1.807, 2.05) is 38.1 Å². The third kappa shape index (κ3) is 3.20. The van der Waals surface area contributed by atoms with Crippen molar-refractivity contribution in [2.75, 3.05) is 24.3 Å². The number of hydrogen-bond donors (Lipinski definition) is 1. The van der Waals surface area contributed by atoms with E-state index < -0.39 is 5.82 Å². The van der Waals surface area contributed by atoms with Crippen LogP contribution in [0.25, 0.3) is 0 Å². The van der Waals surface area contributed by atoms with Crippen molar-refractivity contribution in [3.63, 3.8) is 0 Å². The Bertz CT molecular complexity index is 601. The number of nitrogens with zero attached hydrogens (tertiary/aromatic N) is 2. The predicted octanol–water partition coefficient (Wildman–Crippen LogP) is 4.11. The van der Waals surface area contributed by atoms with Crippen molar-refractivity contribution in [3.8, 4) is 0 Å². The Kier molecular flexibility index (Phi) is 4.45. The maximum absolute atomic E-state index is 13.2. The zero-order chi connectivity index (χ0) is 14.7. The summed E-state index contributed by atoms with van der Waals surface area (Å²) in [4.78, 5) is 6.27. The molecule has 0 bridgehead atoms. The van der Waals surface area contributed by atoms with E-state index in [9.17, 15) is 4.39 Å². The van der Waals surface area contributed by atoms with Crippen LogP contribution < -0.4 is 10.2 Å². The molecule has 0 spiro atoms. The fourth-order valence-corrected chi connectivity index (χ4v) is 2.15. The number of rotatable bonds is 4. The minimum atomic E-state index is -0.405. The van der Waals surface area contributed by atoms with Crippen LogP contribution in [0.15, 0.2) is 36.5 Å². The summed E-state index contributed by atoms with van der Waals surface area (Å²) < 4.78 is 13.2. The van der Waals surface area contributed by atoms with Gasteiger partial charge in [0.15, 0.2) is 5.82 Å². The van der Waals surface area contributed by atoms with Crippen LogP contribution in [0.2, 0.25) is 5.02 Å². The van der Waals surface area contributed by atoms with Gasteiger partial charge in [-0.05, 0) is 36.8 Å². The van der Waals surface area contributed by atoms with Gasteiger partial charge in [-0.1, -0.05) is 17.7 Å². The molecule has 0 aliphatic carbocycles. The molecular formula is C15H17ClFN3. The van der Waals surface area contributed by atoms with E-state index in [0.29, 0.717) is 0 Å². The third-order valence-electron chi connectivity index (χ3n) is 3.03. The van der Waals surface area contributed by atoms with Gasteiger partial charge >= 0.3 is 0 Å². The lowest BCUT2D eigenvalue weighted by atomic mass is 10.1. The minimum Gasteiger partial charge on any atom is -0.376 e. The average Bonchev–Trinajstić information content (AvgIpc) is 2.42. The van der Waals surface area contributed by atoms with Gasteiger partial charge in [0.25, 0.3) is 0 Å². The molecule has 2 rings (SSSR count). The molecule has 2 aromatic rings. The molecular weight excluding hydrogens is 277 g/mol. The van der Waals surface area contributed by atoms with E-state index in [1.165, 1.54) is 6.07 Å². The molecule has 0 fully saturated rings. The average molecular weight is 294 g/mol. The van der Waals surface area contributed by atoms with Crippen LogP contribution >= 0.6 is 11.6 Å². The Morgan fingerprint density at radius 3 is 2.70 bits per heavy atom. The lowest BCUT2D eigenvalue weighted by Gasteiger charge is -2.21. The van der Waals surface area contributed by atoms with Gasteiger partial charge in [0.1, 0.15) is 5.82 Å². The van der Waals surface area contributed by atoms with E-state index in [1.54, 1.807) is 18.3 Å². The lowest BCUT2D eigenvalue weighted by molar-refractivity contribution is 0.627. The van der Waals surface area contributed by atoms with Crippen LogP contribution in [-0.4, -0.2) is 19.1 Å². The summed E-state index contributed by atoms with van der Waals surface area (Å²) in [6, 6.07) is 8.58. The molecule has 20 heavy (non-hydrogen) atoms. The molecule has 106 valence electrons. The van der Waals surface area contributed by atoms with Crippen molar-refractivity contribution < 1.29 is 4.39 Å². The molecule has 5 heteroatoms. The van der Waals surface area contributed by atoms with E-state index in [-0.39, 0.29) is 11.1 Å². The van der Waals surface area contributed by atoms with Crippen molar-refractivity contribution in [2.24, 2.45) is 0 Å². The Hall–Kier alpha value is -1.81. The highest BCUT2D eigenvalue weighted by Gasteiger charge is 2.11. The molecule has 0 radical (unpaired) electrons. The van der Waals surface area contributed by atoms with Gasteiger partial charge in [0, 0.05) is 26.3 Å². The topological polar surface area (TPSA) is 28.2 Å². The number of nitrogens with one attached hydrogen (secondary N) is 1. The maximum atomic E-state index is 13.2. The van der Waals surface area contributed by atoms with Crippen molar-refractivity contribution >= 4 is 23.1 Å². The number of benzene rings is 1. The molecule has 3 nitrogen and oxygen atoms in total. The standard InChI is InChI=1S/C15H17ClFN3/c1-10(11-6-7-13(17)12(16)9-11)19-14-5-4-8-18-15(14)20(2)3/h4-10,19H,1-3H3. The van der Waals surface area contributed by atoms with Crippen molar-refractivity contribution in [1.82, 2.24) is 4.98 Å². The van der Waals surface area contributed by atoms with Crippen LogP contribution in [-0.2, 0) is 0 Å². The molecule has 1 heterocycles. The quantitative estimate of drug-likeness (QED) is 0.919. The van der Waals surface area contributed by atoms with Crippen molar-refractivity contribution in [1.29, 1.82) is 0 Å². The molecule has 1 unspecified atom stereocenters. The zero-order valence-electron chi connectivity index (χ0n) is 11.7. The molecule has 1 atom stereocenters. The largest absolute Gasteiger partial charge is 0.376 e. The summed E-state index contributed by atoms with van der Waals surface area (Å²) in [7, 11) is 3.87. The van der Waals surface area contributed by atoms with E-state index >= 15 is 0 Å². The number of pyridine rings is 1. The number of anilines is 2. The van der Waals surface area contributed by atoms with Crippen LogP contribution in [0.1, 0.15) is 18.5 Å². The fourth-order valence-electron chi connectivity index (χ4n) is 1.96. The molecule has 1 aromatic carbocycles. The summed E-state index contributed by atoms with van der Waals surface area (Å²) in [5, 5.41) is 3.50. The maximum Gasteiger partial charge on any atom is 0.151 e. The predicted molar refractivity (Wildman–Crippen MR) is 82.0 cm³/mol. The van der Waals surface area contributed by atoms with Crippen LogP contribution in [0, 0.1) is 5.82 Å². The molecule has 0 amide bonds. The number of hydrogen-bond acceptors (Lipinski definition) is 3. The highest BCUT2D eigenvalue weighted by atomic mass is 35.5. The van der Waals surface area contributed by atoms with Gasteiger partial charge in [0.2, 0.25) is 0 Å². The highest BCUT2D eigenvalue weighted by Crippen LogP contribution is 2.27. The zero-order valence-corrected chi connectivity index (χ0v) is 12.4. The van der Waals surface area contributed by atoms with Gasteiger partial charge in [-0.25, -0.2) is 9.37 Å². The third-order valence-corrected chi connectivity index (χ3v) is 3.32. The number of aromatic nitrogens is 1. The fraction of sp³-hybridized carbons (Fsp3) is 0.267. The molecule has 1 aromatic heterocycles. The Morgan fingerprint density at radius 2 is 2.05 bits per heavy atom. The second kappa shape index (κ2) is 6.09. The smallest absolute Gasteiger partial charge is 0.151 e. The first-order valence-electron chi connectivity index (χ1n) is 6.33. The summed E-state index contributed by atoms with van der Waals surface area (Å²) >= 11 is 5.82. The first-order valence-corrected chi connectivity index (χ1v) is 6.70. The number of halogens is 2. The van der Waals surface area contributed by atoms with Crippen LogP contribution in [0.3, 0.4) is 0 Å². The van der Waals surface area contributed by atoms with Crippen LogP contribution in [0.5, 0.6) is 0 Å². The second-order valence-electron chi connectivity index (χ2n) is 4.81. The first-order chi connectivity index (χ1) is 9.49. The summed E-state index contributed by atoms with van der Waals surface area (Å²) in [6.07, 6.45) is 1.75. The molecule has 0 aliphatic heterocycles. The SMILES string of the molecule is CC(Nc1cccnc1N(C)C)c1ccc(F)c(Cl)c1. The van der Waals surface area contributed by atoms with Gasteiger partial charge in [-0.15, -0.1) is 0 Å². The second-order valence-corrected chi connectivity index (χ2v) is 5.22. The van der Waals surface area contributed by atoms with Crippen molar-refractivity contribution in [2.45, 2.75) is 13.0 Å². The lowest BCUT2D eigenvalue weighted by Crippen LogP contribution is -2.15. The normalized spacial score (nSPS) is 12.1. The van der Waals surface area contributed by atoms with Gasteiger partial charge in [-0.3, -0.25) is 0 Å². The summed E-state index contributed by atoms with van der Waals surface area (Å²) in [5.74, 6) is 0.450. The van der Waals surface area contributed by atoms with Gasteiger partial charge < -0.3 is 10.2 Å². The summed E-state index contributed by atoms with van der Waals surface area (Å²) in [5.41, 5.74) is 1.84. The first kappa shape index (κ1) is 14.6. The molecule has 0 saturated carbocycles. The summed E-state index contributed by atoms with van der Waals surface area (Å²) in [6.45, 7) is 2.00. The molecule has 1 N–H and O–H groups in total. The van der Waals surface area contributed by atoms with E-state index in [4.69, 9.17) is 11.6 Å². The van der Waals surface area contributed by atoms with Gasteiger partial charge in [-0.2, -0.15) is 0 Å². The Balaban J connectivity index is 2.23. The highest BCUT2D eigenvalue weighted by molar-refractivity contribution is 6.30. The monoisotopic (exact) mass is 293 g/mol.